The highest BCUT2D eigenvalue weighted by molar-refractivity contribution is 6.30. The number of benzene rings is 2. The monoisotopic (exact) mass is 343 g/mol. The number of halogens is 1. The molecular weight excluding hydrogens is 322 g/mol. The molecule has 2 aromatic carbocycles. The lowest BCUT2D eigenvalue weighted by Crippen LogP contribution is -2.39. The molecule has 5 heteroatoms. The van der Waals surface area contributed by atoms with Gasteiger partial charge in [-0.25, -0.2) is 0 Å². The van der Waals surface area contributed by atoms with Crippen molar-refractivity contribution in [2.45, 2.75) is 25.7 Å². The van der Waals surface area contributed by atoms with Gasteiger partial charge in [0.25, 0.3) is 0 Å². The zero-order valence-corrected chi connectivity index (χ0v) is 14.5. The van der Waals surface area contributed by atoms with E-state index in [1.165, 1.54) is 0 Å². The van der Waals surface area contributed by atoms with Gasteiger partial charge in [0.2, 0.25) is 0 Å². The molecule has 0 aliphatic carbocycles. The first-order valence-electron chi connectivity index (χ1n) is 8.16. The molecule has 0 amide bonds. The van der Waals surface area contributed by atoms with Crippen LogP contribution in [0.25, 0.3) is 0 Å². The largest absolute Gasteiger partial charge is 0.367 e. The van der Waals surface area contributed by atoms with Crippen LogP contribution in [0.1, 0.15) is 24.2 Å². The lowest BCUT2D eigenvalue weighted by Gasteiger charge is -2.20. The molecule has 1 aliphatic rings. The smallest absolute Gasteiger partial charge is 0.191 e. The van der Waals surface area contributed by atoms with Crippen LogP contribution in [-0.2, 0) is 11.3 Å². The molecule has 2 N–H and O–H groups in total. The van der Waals surface area contributed by atoms with Gasteiger partial charge in [-0.05, 0) is 30.2 Å². The summed E-state index contributed by atoms with van der Waals surface area (Å²) < 4.78 is 6.15. The Bertz CT molecular complexity index is 673. The van der Waals surface area contributed by atoms with E-state index in [4.69, 9.17) is 16.3 Å². The third-order valence-corrected chi connectivity index (χ3v) is 4.15. The highest BCUT2D eigenvalue weighted by atomic mass is 35.5. The number of nitrogens with zero attached hydrogens (tertiary/aromatic N) is 1. The number of ether oxygens (including phenoxy) is 1. The van der Waals surface area contributed by atoms with Crippen molar-refractivity contribution < 1.29 is 4.74 Å². The molecule has 126 valence electrons. The van der Waals surface area contributed by atoms with Crippen LogP contribution in [0.2, 0.25) is 5.02 Å². The summed E-state index contributed by atoms with van der Waals surface area (Å²) in [6.07, 6.45) is -0.0807. The van der Waals surface area contributed by atoms with E-state index in [1.54, 1.807) is 0 Å². The van der Waals surface area contributed by atoms with Crippen LogP contribution in [0.15, 0.2) is 59.6 Å². The SMILES string of the molecule is CC1CN=C(NCC(OCc2ccccc2)c2ccc(Cl)cc2)N1. The second-order valence-electron chi connectivity index (χ2n) is 5.95. The molecule has 4 nitrogen and oxygen atoms in total. The minimum Gasteiger partial charge on any atom is -0.367 e. The number of hydrogen-bond donors (Lipinski definition) is 2. The summed E-state index contributed by atoms with van der Waals surface area (Å²) in [5.74, 6) is 0.838. The Kier molecular flexibility index (Phi) is 5.72. The minimum absolute atomic E-state index is 0.0807. The summed E-state index contributed by atoms with van der Waals surface area (Å²) in [6.45, 7) is 4.12. The summed E-state index contributed by atoms with van der Waals surface area (Å²) in [4.78, 5) is 4.43. The van der Waals surface area contributed by atoms with Crippen LogP contribution in [0, 0.1) is 0 Å². The first-order valence-corrected chi connectivity index (χ1v) is 8.54. The maximum absolute atomic E-state index is 6.15. The quantitative estimate of drug-likeness (QED) is 0.843. The lowest BCUT2D eigenvalue weighted by atomic mass is 10.1. The Morgan fingerprint density at radius 2 is 1.96 bits per heavy atom. The number of nitrogens with one attached hydrogen (secondary N) is 2. The van der Waals surface area contributed by atoms with Gasteiger partial charge in [-0.1, -0.05) is 54.1 Å². The predicted octanol–water partition coefficient (Wildman–Crippen LogP) is 3.54. The van der Waals surface area contributed by atoms with Gasteiger partial charge in [0, 0.05) is 17.6 Å². The first-order chi connectivity index (χ1) is 11.7. The molecule has 1 aliphatic heterocycles. The van der Waals surface area contributed by atoms with Gasteiger partial charge < -0.3 is 15.4 Å². The van der Waals surface area contributed by atoms with Crippen LogP contribution >= 0.6 is 11.6 Å². The van der Waals surface area contributed by atoms with E-state index in [0.717, 1.165) is 28.7 Å². The van der Waals surface area contributed by atoms with E-state index in [2.05, 4.69) is 34.7 Å². The van der Waals surface area contributed by atoms with Gasteiger partial charge in [-0.2, -0.15) is 0 Å². The average molecular weight is 344 g/mol. The molecule has 3 rings (SSSR count). The fourth-order valence-electron chi connectivity index (χ4n) is 2.57. The van der Waals surface area contributed by atoms with E-state index in [9.17, 15) is 0 Å². The second-order valence-corrected chi connectivity index (χ2v) is 6.39. The minimum atomic E-state index is -0.0807. The van der Waals surface area contributed by atoms with Gasteiger partial charge >= 0.3 is 0 Å². The molecule has 0 aromatic heterocycles. The summed E-state index contributed by atoms with van der Waals surface area (Å²) in [5.41, 5.74) is 2.25. The van der Waals surface area contributed by atoms with Gasteiger partial charge in [-0.3, -0.25) is 4.99 Å². The Hall–Kier alpha value is -2.04. The third kappa shape index (κ3) is 4.73. The maximum atomic E-state index is 6.15. The molecule has 0 bridgehead atoms. The van der Waals surface area contributed by atoms with Gasteiger partial charge in [0.05, 0.1) is 13.2 Å². The highest BCUT2D eigenvalue weighted by Gasteiger charge is 2.16. The van der Waals surface area contributed by atoms with E-state index < -0.39 is 0 Å². The van der Waals surface area contributed by atoms with Crippen molar-refractivity contribution in [2.24, 2.45) is 4.99 Å². The summed E-state index contributed by atoms with van der Waals surface area (Å²) >= 11 is 6.00. The fourth-order valence-corrected chi connectivity index (χ4v) is 2.70. The summed E-state index contributed by atoms with van der Waals surface area (Å²) in [7, 11) is 0. The summed E-state index contributed by atoms with van der Waals surface area (Å²) in [6, 6.07) is 18.4. The number of aliphatic imine (C=N–C) groups is 1. The number of hydrogen-bond acceptors (Lipinski definition) is 4. The molecular formula is C19H22ClN3O. The van der Waals surface area contributed by atoms with E-state index in [1.807, 2.05) is 42.5 Å². The van der Waals surface area contributed by atoms with Crippen molar-refractivity contribution in [2.75, 3.05) is 13.1 Å². The zero-order valence-electron chi connectivity index (χ0n) is 13.7. The molecule has 2 unspecified atom stereocenters. The normalized spacial score (nSPS) is 17.9. The Morgan fingerprint density at radius 3 is 2.62 bits per heavy atom. The van der Waals surface area contributed by atoms with Crippen LogP contribution in [0.5, 0.6) is 0 Å². The molecule has 1 heterocycles. The Balaban J connectivity index is 1.64. The molecule has 2 aromatic rings. The molecule has 0 spiro atoms. The maximum Gasteiger partial charge on any atom is 0.191 e. The van der Waals surface area contributed by atoms with E-state index in [0.29, 0.717) is 19.2 Å². The number of rotatable bonds is 6. The van der Waals surface area contributed by atoms with Crippen molar-refractivity contribution in [1.29, 1.82) is 0 Å². The van der Waals surface area contributed by atoms with Crippen molar-refractivity contribution >= 4 is 17.6 Å². The van der Waals surface area contributed by atoms with Crippen LogP contribution in [0.3, 0.4) is 0 Å². The average Bonchev–Trinajstić information content (AvgIpc) is 3.02. The fraction of sp³-hybridized carbons (Fsp3) is 0.316. The molecule has 2 atom stereocenters. The van der Waals surface area contributed by atoms with Crippen LogP contribution < -0.4 is 10.6 Å². The second kappa shape index (κ2) is 8.18. The topological polar surface area (TPSA) is 45.7 Å². The van der Waals surface area contributed by atoms with Gasteiger partial charge in [-0.15, -0.1) is 0 Å². The molecule has 0 saturated carbocycles. The van der Waals surface area contributed by atoms with Crippen LogP contribution in [-0.4, -0.2) is 25.1 Å². The highest BCUT2D eigenvalue weighted by Crippen LogP contribution is 2.21. The Morgan fingerprint density at radius 1 is 1.21 bits per heavy atom. The zero-order chi connectivity index (χ0) is 16.8. The molecule has 0 fully saturated rings. The number of guanidine groups is 1. The standard InChI is InChI=1S/C19H22ClN3O/c1-14-11-21-19(23-14)22-12-18(16-7-9-17(20)10-8-16)24-13-15-5-3-2-4-6-15/h2-10,14,18H,11-13H2,1H3,(H2,21,22,23). The molecule has 0 radical (unpaired) electrons. The van der Waals surface area contributed by atoms with Gasteiger partial charge in [0.1, 0.15) is 6.10 Å². The van der Waals surface area contributed by atoms with E-state index >= 15 is 0 Å². The van der Waals surface area contributed by atoms with Crippen molar-refractivity contribution in [3.05, 3.63) is 70.7 Å². The van der Waals surface area contributed by atoms with Gasteiger partial charge in [0.15, 0.2) is 5.96 Å². The molecule has 24 heavy (non-hydrogen) atoms. The van der Waals surface area contributed by atoms with Crippen molar-refractivity contribution in [3.8, 4) is 0 Å². The molecule has 0 saturated heterocycles. The van der Waals surface area contributed by atoms with Crippen molar-refractivity contribution in [1.82, 2.24) is 10.6 Å². The predicted molar refractivity (Wildman–Crippen MR) is 98.3 cm³/mol. The third-order valence-electron chi connectivity index (χ3n) is 3.90. The lowest BCUT2D eigenvalue weighted by molar-refractivity contribution is 0.0426. The van der Waals surface area contributed by atoms with Crippen molar-refractivity contribution in [3.63, 3.8) is 0 Å². The summed E-state index contributed by atoms with van der Waals surface area (Å²) in [5, 5.41) is 7.37. The first kappa shape index (κ1) is 16.8. The van der Waals surface area contributed by atoms with E-state index in [-0.39, 0.29) is 6.10 Å². The van der Waals surface area contributed by atoms with Crippen LogP contribution in [0.4, 0.5) is 0 Å². The Labute approximate surface area is 147 Å².